The summed E-state index contributed by atoms with van der Waals surface area (Å²) >= 11 is 0. The molecule has 1 heterocycles. The van der Waals surface area contributed by atoms with E-state index in [1.54, 1.807) is 38.1 Å². The average Bonchev–Trinajstić information content (AvgIpc) is 3.33. The molecule has 0 spiro atoms. The molecule has 46 heavy (non-hydrogen) atoms. The Kier molecular flexibility index (Phi) is 15.7. The molecule has 0 saturated carbocycles. The van der Waals surface area contributed by atoms with Crippen molar-refractivity contribution in [2.75, 3.05) is 38.4 Å². The van der Waals surface area contributed by atoms with Crippen LogP contribution in [0.4, 0.5) is 5.69 Å². The van der Waals surface area contributed by atoms with Gasteiger partial charge in [-0.15, -0.1) is 4.67 Å². The van der Waals surface area contributed by atoms with E-state index >= 15 is 0 Å². The second-order valence-electron chi connectivity index (χ2n) is 11.5. The smallest absolute Gasteiger partial charge is 0.461 e. The lowest BCUT2D eigenvalue weighted by Crippen LogP contribution is -2.34. The van der Waals surface area contributed by atoms with Gasteiger partial charge in [-0.25, -0.2) is 14.4 Å². The van der Waals surface area contributed by atoms with Crippen molar-refractivity contribution < 1.29 is 56.6 Å². The van der Waals surface area contributed by atoms with Gasteiger partial charge in [0, 0.05) is 32.0 Å². The van der Waals surface area contributed by atoms with Crippen molar-refractivity contribution in [2.24, 2.45) is 11.3 Å². The quantitative estimate of drug-likeness (QED) is 0.0495. The number of nitrogens with zero attached hydrogens (tertiary/aromatic N) is 1. The fraction of sp³-hybridized carbons (Fsp3) is 0.581. The molecule has 3 atom stereocenters. The van der Waals surface area contributed by atoms with E-state index in [0.29, 0.717) is 30.9 Å². The number of hydrogen-bond acceptors (Lipinski definition) is 12. The zero-order valence-electron chi connectivity index (χ0n) is 27.3. The standard InChI is InChI=1S/C31H45N2O12P/c1-7-22(2)19-31(4,5)30(38)41-20-26(44-23(3)34)21-43-46(39,45-40-6)42-18-17-32-27(35)10-8-9-24-11-13-25(14-12-24)33-28(36)15-16-29(33)37/h11-16,22,26H,7-10,17-21H2,1-6H3,(H,32,35). The van der Waals surface area contributed by atoms with Crippen molar-refractivity contribution in [3.05, 3.63) is 42.0 Å². The summed E-state index contributed by atoms with van der Waals surface area (Å²) in [4.78, 5) is 65.7. The Labute approximate surface area is 269 Å². The van der Waals surface area contributed by atoms with Crippen LogP contribution in [-0.2, 0) is 63.0 Å². The summed E-state index contributed by atoms with van der Waals surface area (Å²) < 4.78 is 38.7. The molecule has 0 fully saturated rings. The zero-order valence-corrected chi connectivity index (χ0v) is 28.2. The van der Waals surface area contributed by atoms with Crippen LogP contribution in [0.1, 0.15) is 65.9 Å². The van der Waals surface area contributed by atoms with Crippen molar-refractivity contribution in [2.45, 2.75) is 72.8 Å². The van der Waals surface area contributed by atoms with Crippen LogP contribution in [-0.4, -0.2) is 69.2 Å². The van der Waals surface area contributed by atoms with Gasteiger partial charge >= 0.3 is 19.8 Å². The second kappa shape index (κ2) is 18.7. The van der Waals surface area contributed by atoms with Gasteiger partial charge < -0.3 is 14.8 Å². The highest BCUT2D eigenvalue weighted by atomic mass is 31.2. The lowest BCUT2D eigenvalue weighted by Gasteiger charge is -2.27. The molecule has 3 amide bonds. The van der Waals surface area contributed by atoms with Gasteiger partial charge in [-0.3, -0.25) is 33.0 Å². The van der Waals surface area contributed by atoms with Crippen molar-refractivity contribution in [3.63, 3.8) is 0 Å². The number of carbonyl (C=O) groups is 5. The Morgan fingerprint density at radius 3 is 2.26 bits per heavy atom. The summed E-state index contributed by atoms with van der Waals surface area (Å²) in [5.41, 5.74) is 0.641. The number of nitrogens with one attached hydrogen (secondary N) is 1. The Bertz CT molecular complexity index is 1260. The van der Waals surface area contributed by atoms with Crippen molar-refractivity contribution in [1.29, 1.82) is 0 Å². The average molecular weight is 669 g/mol. The van der Waals surface area contributed by atoms with E-state index in [1.807, 2.05) is 13.8 Å². The van der Waals surface area contributed by atoms with Crippen LogP contribution in [0.25, 0.3) is 0 Å². The predicted molar refractivity (Wildman–Crippen MR) is 166 cm³/mol. The Morgan fingerprint density at radius 1 is 1.02 bits per heavy atom. The minimum Gasteiger partial charge on any atom is -0.461 e. The van der Waals surface area contributed by atoms with Gasteiger partial charge in [-0.05, 0) is 56.7 Å². The maximum atomic E-state index is 13.0. The fourth-order valence-electron chi connectivity index (χ4n) is 4.52. The number of ether oxygens (including phenoxy) is 2. The number of amides is 3. The summed E-state index contributed by atoms with van der Waals surface area (Å²) in [7, 11) is -3.22. The van der Waals surface area contributed by atoms with Gasteiger partial charge in [0.05, 0.1) is 31.4 Å². The first-order valence-electron chi connectivity index (χ1n) is 15.1. The predicted octanol–water partition coefficient (Wildman–Crippen LogP) is 4.21. The molecule has 1 N–H and O–H groups in total. The third-order valence-electron chi connectivity index (χ3n) is 6.97. The number of hydrogen-bond donors (Lipinski definition) is 1. The maximum Gasteiger partial charge on any atom is 0.502 e. The topological polar surface area (TPSA) is 173 Å². The van der Waals surface area contributed by atoms with Crippen LogP contribution in [0.2, 0.25) is 0 Å². The number of anilines is 1. The van der Waals surface area contributed by atoms with Gasteiger partial charge in [-0.1, -0.05) is 32.4 Å². The molecule has 0 aromatic heterocycles. The first-order valence-corrected chi connectivity index (χ1v) is 16.5. The van der Waals surface area contributed by atoms with Crippen LogP contribution >= 0.6 is 7.82 Å². The molecule has 1 aromatic carbocycles. The summed E-state index contributed by atoms with van der Waals surface area (Å²) in [5, 5.41) is 2.64. The minimum atomic E-state index is -4.32. The molecule has 2 rings (SSSR count). The molecular weight excluding hydrogens is 623 g/mol. The Morgan fingerprint density at radius 2 is 1.67 bits per heavy atom. The number of aryl methyl sites for hydroxylation is 1. The first-order chi connectivity index (χ1) is 21.7. The van der Waals surface area contributed by atoms with E-state index in [-0.39, 0.29) is 32.1 Å². The maximum absolute atomic E-state index is 13.0. The molecular formula is C31H45N2O12P. The molecule has 0 aliphatic carbocycles. The van der Waals surface area contributed by atoms with Crippen LogP contribution in [0, 0.1) is 11.3 Å². The van der Waals surface area contributed by atoms with Crippen molar-refractivity contribution >= 4 is 43.2 Å². The second-order valence-corrected chi connectivity index (χ2v) is 13.0. The number of phosphoric acid groups is 1. The molecule has 1 aromatic rings. The van der Waals surface area contributed by atoms with E-state index in [4.69, 9.17) is 23.2 Å². The van der Waals surface area contributed by atoms with Crippen molar-refractivity contribution in [3.8, 4) is 0 Å². The monoisotopic (exact) mass is 668 g/mol. The van der Waals surface area contributed by atoms with Crippen LogP contribution < -0.4 is 10.2 Å². The molecule has 15 heteroatoms. The Hall–Kier alpha value is -3.42. The number of imide groups is 1. The number of phosphoric ester groups is 1. The number of carbonyl (C=O) groups excluding carboxylic acids is 5. The number of rotatable bonds is 21. The molecule has 0 saturated heterocycles. The normalized spacial score (nSPS) is 15.7. The molecule has 1 aliphatic rings. The molecule has 256 valence electrons. The molecule has 0 radical (unpaired) electrons. The van der Waals surface area contributed by atoms with Gasteiger partial charge in [-0.2, -0.15) is 0 Å². The largest absolute Gasteiger partial charge is 0.502 e. The van der Waals surface area contributed by atoms with E-state index in [1.165, 1.54) is 19.1 Å². The molecule has 0 bridgehead atoms. The summed E-state index contributed by atoms with van der Waals surface area (Å²) in [5.74, 6) is -1.89. The molecule has 14 nitrogen and oxygen atoms in total. The Balaban J connectivity index is 1.76. The highest BCUT2D eigenvalue weighted by Gasteiger charge is 2.34. The van der Waals surface area contributed by atoms with Gasteiger partial charge in [0.1, 0.15) is 6.61 Å². The van der Waals surface area contributed by atoms with Crippen molar-refractivity contribution in [1.82, 2.24) is 5.32 Å². The zero-order chi connectivity index (χ0) is 34.3. The van der Waals surface area contributed by atoms with E-state index in [2.05, 4.69) is 10.2 Å². The third-order valence-corrected chi connectivity index (χ3v) is 8.27. The molecule has 3 unspecified atom stereocenters. The first kappa shape index (κ1) is 38.8. The number of benzene rings is 1. The summed E-state index contributed by atoms with van der Waals surface area (Å²) in [6.45, 7) is 7.67. The van der Waals surface area contributed by atoms with E-state index in [9.17, 15) is 28.5 Å². The highest BCUT2D eigenvalue weighted by Crippen LogP contribution is 2.49. The minimum absolute atomic E-state index is 0.0177. The SMILES string of the molecule is CCC(C)CC(C)(C)C(=O)OCC(COP(=O)(OCCNC(=O)CCCc1ccc(N2C(=O)C=CC2=O)cc1)OOC)OC(C)=O. The third kappa shape index (κ3) is 13.1. The van der Waals surface area contributed by atoms with Crippen LogP contribution in [0.5, 0.6) is 0 Å². The number of esters is 2. The van der Waals surface area contributed by atoms with Crippen LogP contribution in [0.15, 0.2) is 36.4 Å². The lowest BCUT2D eigenvalue weighted by molar-refractivity contribution is -0.203. The van der Waals surface area contributed by atoms with Gasteiger partial charge in [0.2, 0.25) is 5.91 Å². The van der Waals surface area contributed by atoms with Gasteiger partial charge in [0.15, 0.2) is 6.10 Å². The fourth-order valence-corrected chi connectivity index (χ4v) is 5.52. The van der Waals surface area contributed by atoms with E-state index in [0.717, 1.165) is 24.0 Å². The summed E-state index contributed by atoms with van der Waals surface area (Å²) in [6, 6.07) is 6.93. The van der Waals surface area contributed by atoms with Crippen LogP contribution in [0.3, 0.4) is 0 Å². The van der Waals surface area contributed by atoms with E-state index < -0.39 is 49.7 Å². The lowest BCUT2D eigenvalue weighted by atomic mass is 9.82. The summed E-state index contributed by atoms with van der Waals surface area (Å²) in [6.07, 6.45) is 4.17. The highest BCUT2D eigenvalue weighted by molar-refractivity contribution is 7.48. The van der Waals surface area contributed by atoms with Gasteiger partial charge in [0.25, 0.3) is 11.8 Å². The molecule has 1 aliphatic heterocycles.